The SMILES string of the molecule is CC(CS(=O)Cc1cc(F)ccc1C#N)C(=O)O. The van der Waals surface area contributed by atoms with Crippen LogP contribution in [0.5, 0.6) is 0 Å². The van der Waals surface area contributed by atoms with E-state index in [2.05, 4.69) is 0 Å². The molecule has 0 aliphatic carbocycles. The van der Waals surface area contributed by atoms with Crippen molar-refractivity contribution in [2.45, 2.75) is 12.7 Å². The zero-order chi connectivity index (χ0) is 13.7. The first-order valence-electron chi connectivity index (χ1n) is 5.20. The number of rotatable bonds is 5. The second-order valence-corrected chi connectivity index (χ2v) is 5.41. The van der Waals surface area contributed by atoms with Crippen molar-refractivity contribution < 1.29 is 18.5 Å². The van der Waals surface area contributed by atoms with E-state index in [0.29, 0.717) is 5.56 Å². The molecule has 0 saturated carbocycles. The number of aliphatic carboxylic acids is 1. The van der Waals surface area contributed by atoms with Crippen LogP contribution in [0, 0.1) is 23.1 Å². The topological polar surface area (TPSA) is 78.2 Å². The van der Waals surface area contributed by atoms with Crippen LogP contribution in [0.3, 0.4) is 0 Å². The van der Waals surface area contributed by atoms with Gasteiger partial charge in [0.15, 0.2) is 0 Å². The van der Waals surface area contributed by atoms with Crippen molar-refractivity contribution in [3.8, 4) is 6.07 Å². The number of halogens is 1. The lowest BCUT2D eigenvalue weighted by Crippen LogP contribution is -2.18. The average molecular weight is 269 g/mol. The van der Waals surface area contributed by atoms with E-state index in [1.165, 1.54) is 13.0 Å². The van der Waals surface area contributed by atoms with Crippen LogP contribution < -0.4 is 0 Å². The summed E-state index contributed by atoms with van der Waals surface area (Å²) in [5.41, 5.74) is 0.598. The summed E-state index contributed by atoms with van der Waals surface area (Å²) in [6.07, 6.45) is 0. The maximum atomic E-state index is 13.0. The van der Waals surface area contributed by atoms with Gasteiger partial charge in [-0.15, -0.1) is 0 Å². The number of nitrogens with zero attached hydrogens (tertiary/aromatic N) is 1. The van der Waals surface area contributed by atoms with Gasteiger partial charge in [-0.1, -0.05) is 6.92 Å². The van der Waals surface area contributed by atoms with E-state index < -0.39 is 28.5 Å². The van der Waals surface area contributed by atoms with Gasteiger partial charge in [0.2, 0.25) is 0 Å². The van der Waals surface area contributed by atoms with E-state index in [1.807, 2.05) is 6.07 Å². The molecule has 0 spiro atoms. The highest BCUT2D eigenvalue weighted by atomic mass is 32.2. The zero-order valence-electron chi connectivity index (χ0n) is 9.72. The van der Waals surface area contributed by atoms with Gasteiger partial charge in [0.1, 0.15) is 5.82 Å². The predicted molar refractivity (Wildman–Crippen MR) is 64.6 cm³/mol. The fourth-order valence-electron chi connectivity index (χ4n) is 1.37. The Morgan fingerprint density at radius 2 is 2.28 bits per heavy atom. The molecule has 0 radical (unpaired) electrons. The van der Waals surface area contributed by atoms with E-state index in [-0.39, 0.29) is 17.1 Å². The van der Waals surface area contributed by atoms with Gasteiger partial charge in [0.05, 0.1) is 17.6 Å². The molecule has 0 aliphatic heterocycles. The largest absolute Gasteiger partial charge is 0.481 e. The average Bonchev–Trinajstić information content (AvgIpc) is 2.28. The van der Waals surface area contributed by atoms with Crippen molar-refractivity contribution in [1.29, 1.82) is 5.26 Å². The number of benzene rings is 1. The Kier molecular flexibility index (Phi) is 4.98. The Morgan fingerprint density at radius 1 is 1.61 bits per heavy atom. The summed E-state index contributed by atoms with van der Waals surface area (Å²) < 4.78 is 24.7. The third-order valence-corrected chi connectivity index (χ3v) is 3.87. The van der Waals surface area contributed by atoms with Gasteiger partial charge in [0.25, 0.3) is 0 Å². The van der Waals surface area contributed by atoms with Gasteiger partial charge in [-0.25, -0.2) is 4.39 Å². The molecule has 2 atom stereocenters. The lowest BCUT2D eigenvalue weighted by molar-refractivity contribution is -0.140. The second-order valence-electron chi connectivity index (χ2n) is 3.90. The normalized spacial score (nSPS) is 13.6. The van der Waals surface area contributed by atoms with Crippen molar-refractivity contribution in [3.05, 3.63) is 35.1 Å². The highest BCUT2D eigenvalue weighted by Gasteiger charge is 2.16. The van der Waals surface area contributed by atoms with Gasteiger partial charge in [-0.2, -0.15) is 5.26 Å². The Bertz CT molecular complexity index is 525. The molecule has 2 unspecified atom stereocenters. The fourth-order valence-corrected chi connectivity index (χ4v) is 2.78. The minimum atomic E-state index is -1.44. The Labute approximate surface area is 107 Å². The molecule has 0 aliphatic rings. The molecule has 0 heterocycles. The van der Waals surface area contributed by atoms with Crippen molar-refractivity contribution >= 4 is 16.8 Å². The summed E-state index contributed by atoms with van der Waals surface area (Å²) in [6, 6.07) is 5.52. The molecule has 1 aromatic carbocycles. The third kappa shape index (κ3) is 3.93. The van der Waals surface area contributed by atoms with Crippen LogP contribution in [0.1, 0.15) is 18.1 Å². The fraction of sp³-hybridized carbons (Fsp3) is 0.333. The molecular weight excluding hydrogens is 257 g/mol. The summed E-state index contributed by atoms with van der Waals surface area (Å²) in [7, 11) is -1.44. The number of nitriles is 1. The number of carboxylic acid groups (broad SMARTS) is 1. The number of carboxylic acids is 1. The van der Waals surface area contributed by atoms with Crippen LogP contribution in [-0.4, -0.2) is 21.0 Å². The van der Waals surface area contributed by atoms with Crippen molar-refractivity contribution in [2.24, 2.45) is 5.92 Å². The maximum Gasteiger partial charge on any atom is 0.307 e. The van der Waals surface area contributed by atoms with Gasteiger partial charge >= 0.3 is 5.97 Å². The smallest absolute Gasteiger partial charge is 0.307 e. The predicted octanol–water partition coefficient (Wildman–Crippen LogP) is 1.67. The molecular formula is C12H12FNO3S. The zero-order valence-corrected chi connectivity index (χ0v) is 10.5. The van der Waals surface area contributed by atoms with Crippen molar-refractivity contribution in [3.63, 3.8) is 0 Å². The van der Waals surface area contributed by atoms with Crippen LogP contribution in [0.15, 0.2) is 18.2 Å². The number of hydrogen-bond donors (Lipinski definition) is 1. The highest BCUT2D eigenvalue weighted by molar-refractivity contribution is 7.84. The molecule has 0 amide bonds. The lowest BCUT2D eigenvalue weighted by atomic mass is 10.1. The van der Waals surface area contributed by atoms with E-state index in [1.54, 1.807) is 0 Å². The molecule has 0 saturated heterocycles. The Hall–Kier alpha value is -1.74. The van der Waals surface area contributed by atoms with Crippen LogP contribution in [0.2, 0.25) is 0 Å². The highest BCUT2D eigenvalue weighted by Crippen LogP contribution is 2.14. The van der Waals surface area contributed by atoms with Crippen molar-refractivity contribution in [2.75, 3.05) is 5.75 Å². The first kappa shape index (κ1) is 14.3. The third-order valence-electron chi connectivity index (χ3n) is 2.36. The second kappa shape index (κ2) is 6.26. The summed E-state index contributed by atoms with van der Waals surface area (Å²) >= 11 is 0. The van der Waals surface area contributed by atoms with E-state index in [4.69, 9.17) is 10.4 Å². The summed E-state index contributed by atoms with van der Waals surface area (Å²) in [6.45, 7) is 1.46. The minimum Gasteiger partial charge on any atom is -0.481 e. The van der Waals surface area contributed by atoms with Gasteiger partial charge in [-0.3, -0.25) is 9.00 Å². The molecule has 0 fully saturated rings. The first-order chi connectivity index (χ1) is 8.43. The molecule has 4 nitrogen and oxygen atoms in total. The first-order valence-corrected chi connectivity index (χ1v) is 6.69. The van der Waals surface area contributed by atoms with Gasteiger partial charge in [-0.05, 0) is 23.8 Å². The molecule has 18 heavy (non-hydrogen) atoms. The monoisotopic (exact) mass is 269 g/mol. The minimum absolute atomic E-state index is 0.0156. The van der Waals surface area contributed by atoms with Crippen LogP contribution in [-0.2, 0) is 21.3 Å². The summed E-state index contributed by atoms with van der Waals surface area (Å²) in [5.74, 6) is -2.30. The van der Waals surface area contributed by atoms with Gasteiger partial charge < -0.3 is 5.11 Å². The Morgan fingerprint density at radius 3 is 2.83 bits per heavy atom. The molecule has 0 aromatic heterocycles. The molecule has 0 bridgehead atoms. The van der Waals surface area contributed by atoms with E-state index >= 15 is 0 Å². The molecule has 96 valence electrons. The van der Waals surface area contributed by atoms with E-state index in [9.17, 15) is 13.4 Å². The summed E-state index contributed by atoms with van der Waals surface area (Å²) in [5, 5.41) is 17.5. The van der Waals surface area contributed by atoms with Gasteiger partial charge in [0, 0.05) is 22.3 Å². The van der Waals surface area contributed by atoms with E-state index in [0.717, 1.165) is 12.1 Å². The van der Waals surface area contributed by atoms with Crippen LogP contribution in [0.25, 0.3) is 0 Å². The number of hydrogen-bond acceptors (Lipinski definition) is 3. The maximum absolute atomic E-state index is 13.0. The number of carbonyl (C=O) groups is 1. The molecule has 1 rings (SSSR count). The lowest BCUT2D eigenvalue weighted by Gasteiger charge is -2.07. The van der Waals surface area contributed by atoms with Crippen LogP contribution >= 0.6 is 0 Å². The summed E-state index contributed by atoms with van der Waals surface area (Å²) in [4.78, 5) is 10.6. The molecule has 6 heteroatoms. The van der Waals surface area contributed by atoms with Crippen LogP contribution in [0.4, 0.5) is 4.39 Å². The quantitative estimate of drug-likeness (QED) is 0.881. The van der Waals surface area contributed by atoms with Crippen molar-refractivity contribution in [1.82, 2.24) is 0 Å². The standard InChI is InChI=1S/C12H12FNO3S/c1-8(12(15)16)6-18(17)7-10-4-11(13)3-2-9(10)5-14/h2-4,8H,6-7H2,1H3,(H,15,16). The molecule has 1 aromatic rings. The molecule has 1 N–H and O–H groups in total. The Balaban J connectivity index is 2.79.